The second kappa shape index (κ2) is 7.17. The molecule has 0 amide bonds. The number of hydrogen-bond donors (Lipinski definition) is 0. The van der Waals surface area contributed by atoms with Crippen molar-refractivity contribution in [2.75, 3.05) is 0 Å². The van der Waals surface area contributed by atoms with Crippen molar-refractivity contribution in [1.82, 2.24) is 0 Å². The van der Waals surface area contributed by atoms with Crippen LogP contribution in [0.25, 0.3) is 0 Å². The maximum absolute atomic E-state index is 13.0. The van der Waals surface area contributed by atoms with Crippen molar-refractivity contribution in [1.29, 1.82) is 0 Å². The summed E-state index contributed by atoms with van der Waals surface area (Å²) in [6.07, 6.45) is -2.07. The van der Waals surface area contributed by atoms with E-state index in [1.165, 1.54) is 6.42 Å². The van der Waals surface area contributed by atoms with Crippen LogP contribution in [0.3, 0.4) is 0 Å². The molecule has 0 unspecified atom stereocenters. The number of rotatable bonds is 3. The van der Waals surface area contributed by atoms with E-state index in [0.717, 1.165) is 37.8 Å². The van der Waals surface area contributed by atoms with Crippen molar-refractivity contribution < 1.29 is 26.3 Å². The minimum Gasteiger partial charge on any atom is -0.166 e. The smallest absolute Gasteiger partial charge is 0.166 e. The molecule has 1 fully saturated rings. The molecule has 1 aromatic rings. The Balaban J connectivity index is 2.39. The highest BCUT2D eigenvalue weighted by atomic mass is 28.3. The predicted molar refractivity (Wildman–Crippen MR) is 89.3 cm³/mol. The van der Waals surface area contributed by atoms with Crippen LogP contribution >= 0.6 is 0 Å². The summed E-state index contributed by atoms with van der Waals surface area (Å²) >= 11 is 0. The van der Waals surface area contributed by atoms with Gasteiger partial charge < -0.3 is 0 Å². The zero-order valence-electron chi connectivity index (χ0n) is 14.3. The van der Waals surface area contributed by atoms with Gasteiger partial charge in [-0.15, -0.1) is 0 Å². The van der Waals surface area contributed by atoms with Crippen LogP contribution in [0.5, 0.6) is 0 Å². The Labute approximate surface area is 144 Å². The van der Waals surface area contributed by atoms with Gasteiger partial charge in [0.05, 0.1) is 11.1 Å². The van der Waals surface area contributed by atoms with Gasteiger partial charge in [-0.25, -0.2) is 0 Å². The lowest BCUT2D eigenvalue weighted by Gasteiger charge is -2.24. The Kier molecular flexibility index (Phi) is 5.76. The predicted octanol–water partition coefficient (Wildman–Crippen LogP) is 6.32. The van der Waals surface area contributed by atoms with E-state index in [9.17, 15) is 26.3 Å². The van der Waals surface area contributed by atoms with E-state index in [1.54, 1.807) is 13.1 Å². The van der Waals surface area contributed by atoms with E-state index in [-0.39, 0.29) is 11.3 Å². The SMILES string of the molecule is C[Si](C)(/C=C/C1CCCCC1)c1cc(C(F)(F)F)cc(C(F)(F)F)c1. The molecule has 25 heavy (non-hydrogen) atoms. The Morgan fingerprint density at radius 2 is 1.32 bits per heavy atom. The maximum Gasteiger partial charge on any atom is 0.416 e. The molecule has 0 N–H and O–H groups in total. The van der Waals surface area contributed by atoms with Crippen LogP contribution in [0.1, 0.15) is 43.2 Å². The van der Waals surface area contributed by atoms with Crippen LogP contribution < -0.4 is 5.19 Å². The largest absolute Gasteiger partial charge is 0.416 e. The molecule has 0 aliphatic heterocycles. The maximum atomic E-state index is 13.0. The summed E-state index contributed by atoms with van der Waals surface area (Å²) in [6, 6.07) is 1.96. The van der Waals surface area contributed by atoms with Crippen molar-refractivity contribution in [3.8, 4) is 0 Å². The molecule has 0 radical (unpaired) electrons. The quantitative estimate of drug-likeness (QED) is 0.425. The molecule has 2 rings (SSSR count). The zero-order chi connectivity index (χ0) is 18.9. The van der Waals surface area contributed by atoms with Gasteiger partial charge in [0, 0.05) is 0 Å². The van der Waals surface area contributed by atoms with Crippen LogP contribution in [0.4, 0.5) is 26.3 Å². The van der Waals surface area contributed by atoms with E-state index in [1.807, 2.05) is 11.8 Å². The number of halogens is 6. The summed E-state index contributed by atoms with van der Waals surface area (Å²) in [5.41, 5.74) is -0.577. The summed E-state index contributed by atoms with van der Waals surface area (Å²) in [6.45, 7) is 3.56. The fourth-order valence-electron chi connectivity index (χ4n) is 3.13. The molecule has 1 aromatic carbocycles. The lowest BCUT2D eigenvalue weighted by Crippen LogP contribution is -2.41. The van der Waals surface area contributed by atoms with E-state index in [2.05, 4.69) is 0 Å². The van der Waals surface area contributed by atoms with Crippen molar-refractivity contribution in [2.45, 2.75) is 57.6 Å². The van der Waals surface area contributed by atoms with Gasteiger partial charge in [-0.2, -0.15) is 26.3 Å². The first-order valence-electron chi connectivity index (χ1n) is 8.39. The summed E-state index contributed by atoms with van der Waals surface area (Å²) in [5.74, 6) is 0.383. The molecule has 0 bridgehead atoms. The fraction of sp³-hybridized carbons (Fsp3) is 0.556. The number of allylic oxidation sites excluding steroid dienone is 1. The van der Waals surface area contributed by atoms with Crippen LogP contribution in [-0.4, -0.2) is 8.07 Å². The summed E-state index contributed by atoms with van der Waals surface area (Å²) in [5, 5.41) is 0.154. The standard InChI is InChI=1S/C18H22F6Si/c1-25(2,9-8-13-6-4-3-5-7-13)16-11-14(17(19,20)21)10-15(12-16)18(22,23)24/h8-13H,3-7H2,1-2H3/b9-8+. The van der Waals surface area contributed by atoms with Gasteiger partial charge >= 0.3 is 12.4 Å². The Morgan fingerprint density at radius 1 is 0.840 bits per heavy atom. The molecule has 0 saturated heterocycles. The zero-order valence-corrected chi connectivity index (χ0v) is 15.3. The summed E-state index contributed by atoms with van der Waals surface area (Å²) in [7, 11) is -2.56. The monoisotopic (exact) mass is 380 g/mol. The van der Waals surface area contributed by atoms with Crippen LogP contribution in [-0.2, 0) is 12.4 Å². The highest BCUT2D eigenvalue weighted by Gasteiger charge is 2.38. The van der Waals surface area contributed by atoms with Gasteiger partial charge in [-0.1, -0.05) is 61.5 Å². The number of benzene rings is 1. The van der Waals surface area contributed by atoms with Gasteiger partial charge in [0.15, 0.2) is 0 Å². The average Bonchev–Trinajstić information content (AvgIpc) is 2.52. The fourth-order valence-corrected chi connectivity index (χ4v) is 5.13. The van der Waals surface area contributed by atoms with E-state index < -0.39 is 31.6 Å². The second-order valence-corrected chi connectivity index (χ2v) is 11.6. The first-order valence-corrected chi connectivity index (χ1v) is 11.5. The lowest BCUT2D eigenvalue weighted by molar-refractivity contribution is -0.142. The molecule has 0 nitrogen and oxygen atoms in total. The summed E-state index contributed by atoms with van der Waals surface area (Å²) in [4.78, 5) is 0. The molecule has 1 aliphatic rings. The van der Waals surface area contributed by atoms with Crippen LogP contribution in [0, 0.1) is 5.92 Å². The molecule has 0 aromatic heterocycles. The Morgan fingerprint density at radius 3 is 1.76 bits per heavy atom. The second-order valence-electron chi connectivity index (χ2n) is 7.27. The van der Waals surface area contributed by atoms with Crippen LogP contribution in [0.15, 0.2) is 30.0 Å². The summed E-state index contributed by atoms with van der Waals surface area (Å²) < 4.78 is 78.2. The Hall–Kier alpha value is -1.24. The van der Waals surface area contributed by atoms with Crippen LogP contribution in [0.2, 0.25) is 13.1 Å². The molecular formula is C18H22F6Si. The third-order valence-corrected chi connectivity index (χ3v) is 7.57. The van der Waals surface area contributed by atoms with Crippen molar-refractivity contribution in [3.05, 3.63) is 41.1 Å². The first kappa shape index (κ1) is 20.1. The van der Waals surface area contributed by atoms with E-state index in [4.69, 9.17) is 0 Å². The molecule has 7 heteroatoms. The van der Waals surface area contributed by atoms with E-state index >= 15 is 0 Å². The molecule has 0 spiro atoms. The van der Waals surface area contributed by atoms with Gasteiger partial charge in [0.25, 0.3) is 0 Å². The number of alkyl halides is 6. The van der Waals surface area contributed by atoms with Gasteiger partial charge in [-0.3, -0.25) is 0 Å². The van der Waals surface area contributed by atoms with Crippen molar-refractivity contribution in [3.63, 3.8) is 0 Å². The van der Waals surface area contributed by atoms with Gasteiger partial charge in [0.2, 0.25) is 0 Å². The molecule has 1 saturated carbocycles. The van der Waals surface area contributed by atoms with Gasteiger partial charge in [0.1, 0.15) is 8.07 Å². The topological polar surface area (TPSA) is 0 Å². The van der Waals surface area contributed by atoms with Crippen molar-refractivity contribution in [2.24, 2.45) is 5.92 Å². The molecule has 140 valence electrons. The molecular weight excluding hydrogens is 358 g/mol. The normalized spacial score (nSPS) is 18.1. The molecule has 0 heterocycles. The lowest BCUT2D eigenvalue weighted by atomic mass is 9.90. The van der Waals surface area contributed by atoms with Gasteiger partial charge in [-0.05, 0) is 24.8 Å². The third kappa shape index (κ3) is 5.36. The molecule has 0 atom stereocenters. The first-order chi connectivity index (χ1) is 11.4. The highest BCUT2D eigenvalue weighted by Crippen LogP contribution is 2.35. The number of hydrogen-bond acceptors (Lipinski definition) is 0. The minimum absolute atomic E-state index is 0.154. The average molecular weight is 380 g/mol. The van der Waals surface area contributed by atoms with E-state index in [0.29, 0.717) is 5.92 Å². The minimum atomic E-state index is -4.80. The third-order valence-electron chi connectivity index (χ3n) is 4.77. The van der Waals surface area contributed by atoms with Crippen molar-refractivity contribution >= 4 is 13.3 Å². The highest BCUT2D eigenvalue weighted by molar-refractivity contribution is 6.94. The Bertz CT molecular complexity index is 589. The molecule has 1 aliphatic carbocycles.